The van der Waals surface area contributed by atoms with Gasteiger partial charge in [0.2, 0.25) is 0 Å². The van der Waals surface area contributed by atoms with Crippen molar-refractivity contribution in [2.24, 2.45) is 0 Å². The van der Waals surface area contributed by atoms with Gasteiger partial charge < -0.3 is 5.11 Å². The molecular weight excluding hydrogens is 111 g/mol. The molecule has 1 heterocycles. The van der Waals surface area contributed by atoms with Gasteiger partial charge in [-0.2, -0.15) is 0 Å². The van der Waals surface area contributed by atoms with Crippen LogP contribution in [0.1, 0.15) is 0 Å². The van der Waals surface area contributed by atoms with Crippen molar-refractivity contribution in [2.75, 3.05) is 13.1 Å². The van der Waals surface area contributed by atoms with Gasteiger partial charge >= 0.3 is 0 Å². The number of hydrogen-bond acceptors (Lipinski definition) is 3. The number of piperazine rings is 1. The van der Waals surface area contributed by atoms with Crippen molar-refractivity contribution in [2.45, 2.75) is 12.5 Å². The van der Waals surface area contributed by atoms with Crippen molar-refractivity contribution < 1.29 is 9.50 Å². The van der Waals surface area contributed by atoms with Gasteiger partial charge in [0, 0.05) is 13.1 Å². The summed E-state index contributed by atoms with van der Waals surface area (Å²) in [5.74, 6) is 0. The molecule has 0 aromatic carbocycles. The molecule has 0 aromatic rings. The molecule has 0 saturated carbocycles. The summed E-state index contributed by atoms with van der Waals surface area (Å²) >= 11 is 0. The molecule has 1 saturated heterocycles. The Labute approximate surface area is 46.9 Å². The van der Waals surface area contributed by atoms with Gasteiger partial charge in [0.25, 0.3) is 0 Å². The number of aliphatic hydroxyl groups excluding tert-OH is 1. The van der Waals surface area contributed by atoms with Crippen LogP contribution in [0, 0.1) is 0 Å². The molecule has 1 aliphatic heterocycles. The standard InChI is InChI=1S/C4H9FN2O/c5-3-4(8)7-2-1-6-3/h3-4,6-8H,1-2H2. The van der Waals surface area contributed by atoms with Crippen LogP contribution in [0.4, 0.5) is 4.39 Å². The van der Waals surface area contributed by atoms with Crippen molar-refractivity contribution in [1.82, 2.24) is 10.6 Å². The van der Waals surface area contributed by atoms with Crippen LogP contribution in [-0.4, -0.2) is 30.7 Å². The fourth-order valence-corrected chi connectivity index (χ4v) is 0.645. The lowest BCUT2D eigenvalue weighted by atomic mass is 10.4. The van der Waals surface area contributed by atoms with Gasteiger partial charge in [-0.15, -0.1) is 0 Å². The third-order valence-electron chi connectivity index (χ3n) is 1.10. The molecule has 0 spiro atoms. The molecule has 1 rings (SSSR count). The first-order valence-electron chi connectivity index (χ1n) is 2.59. The number of halogens is 1. The van der Waals surface area contributed by atoms with E-state index in [1.807, 2.05) is 0 Å². The Hall–Kier alpha value is -0.190. The van der Waals surface area contributed by atoms with Crippen LogP contribution >= 0.6 is 0 Å². The molecule has 2 atom stereocenters. The monoisotopic (exact) mass is 120 g/mol. The lowest BCUT2D eigenvalue weighted by Gasteiger charge is -2.23. The predicted molar refractivity (Wildman–Crippen MR) is 26.9 cm³/mol. The van der Waals surface area contributed by atoms with Gasteiger partial charge in [-0.25, -0.2) is 4.39 Å². The first-order valence-corrected chi connectivity index (χ1v) is 2.59. The molecule has 0 radical (unpaired) electrons. The maximum atomic E-state index is 12.2. The molecule has 0 bridgehead atoms. The average Bonchev–Trinajstić information content (AvgIpc) is 1.77. The SMILES string of the molecule is OC1NCCNC1F. The highest BCUT2D eigenvalue weighted by molar-refractivity contribution is 4.69. The summed E-state index contributed by atoms with van der Waals surface area (Å²) < 4.78 is 12.2. The lowest BCUT2D eigenvalue weighted by Crippen LogP contribution is -2.53. The van der Waals surface area contributed by atoms with E-state index in [0.29, 0.717) is 13.1 Å². The van der Waals surface area contributed by atoms with E-state index in [-0.39, 0.29) is 0 Å². The zero-order chi connectivity index (χ0) is 5.98. The Morgan fingerprint density at radius 1 is 1.38 bits per heavy atom. The molecule has 1 fully saturated rings. The van der Waals surface area contributed by atoms with Crippen molar-refractivity contribution >= 4 is 0 Å². The summed E-state index contributed by atoms with van der Waals surface area (Å²) in [6.45, 7) is 1.21. The van der Waals surface area contributed by atoms with Crippen LogP contribution in [0.3, 0.4) is 0 Å². The normalized spacial score (nSPS) is 39.8. The fourth-order valence-electron chi connectivity index (χ4n) is 0.645. The smallest absolute Gasteiger partial charge is 0.190 e. The lowest BCUT2D eigenvalue weighted by molar-refractivity contribution is 0.0145. The van der Waals surface area contributed by atoms with Crippen LogP contribution < -0.4 is 10.6 Å². The molecule has 48 valence electrons. The highest BCUT2D eigenvalue weighted by atomic mass is 19.1. The minimum absolute atomic E-state index is 0.582. The van der Waals surface area contributed by atoms with E-state index in [0.717, 1.165) is 0 Å². The van der Waals surface area contributed by atoms with E-state index in [4.69, 9.17) is 5.11 Å². The first-order chi connectivity index (χ1) is 3.80. The van der Waals surface area contributed by atoms with E-state index in [1.165, 1.54) is 0 Å². The van der Waals surface area contributed by atoms with E-state index in [1.54, 1.807) is 0 Å². The summed E-state index contributed by atoms with van der Waals surface area (Å²) in [5, 5.41) is 13.6. The maximum Gasteiger partial charge on any atom is 0.190 e. The highest BCUT2D eigenvalue weighted by Gasteiger charge is 2.19. The van der Waals surface area contributed by atoms with E-state index >= 15 is 0 Å². The molecule has 3 nitrogen and oxygen atoms in total. The molecule has 2 unspecified atom stereocenters. The average molecular weight is 120 g/mol. The first kappa shape index (κ1) is 5.94. The molecule has 0 amide bonds. The minimum Gasteiger partial charge on any atom is -0.374 e. The Kier molecular flexibility index (Phi) is 1.77. The van der Waals surface area contributed by atoms with Crippen molar-refractivity contribution in [3.05, 3.63) is 0 Å². The van der Waals surface area contributed by atoms with Gasteiger partial charge in [0.15, 0.2) is 6.30 Å². The van der Waals surface area contributed by atoms with Crippen molar-refractivity contribution in [3.63, 3.8) is 0 Å². The Bertz CT molecular complexity index is 70.4. The number of aliphatic hydroxyl groups is 1. The number of nitrogens with one attached hydrogen (secondary N) is 2. The fraction of sp³-hybridized carbons (Fsp3) is 1.00. The third-order valence-corrected chi connectivity index (χ3v) is 1.10. The van der Waals surface area contributed by atoms with Gasteiger partial charge in [-0.05, 0) is 0 Å². The van der Waals surface area contributed by atoms with Crippen LogP contribution in [0.2, 0.25) is 0 Å². The molecule has 3 N–H and O–H groups in total. The summed E-state index contributed by atoms with van der Waals surface area (Å²) in [6.07, 6.45) is -2.33. The number of alkyl halides is 1. The quantitative estimate of drug-likeness (QED) is 0.352. The minimum atomic E-state index is -1.30. The van der Waals surface area contributed by atoms with E-state index in [9.17, 15) is 4.39 Å². The van der Waals surface area contributed by atoms with Gasteiger partial charge in [-0.1, -0.05) is 0 Å². The van der Waals surface area contributed by atoms with E-state index in [2.05, 4.69) is 10.6 Å². The third kappa shape index (κ3) is 1.15. The number of rotatable bonds is 0. The number of hydrogen-bond donors (Lipinski definition) is 3. The Morgan fingerprint density at radius 2 is 2.00 bits per heavy atom. The predicted octanol–water partition coefficient (Wildman–Crippen LogP) is -1.21. The Balaban J connectivity index is 2.28. The second-order valence-electron chi connectivity index (χ2n) is 1.75. The Morgan fingerprint density at radius 3 is 2.38 bits per heavy atom. The maximum absolute atomic E-state index is 12.2. The molecule has 8 heavy (non-hydrogen) atoms. The second kappa shape index (κ2) is 2.39. The van der Waals surface area contributed by atoms with E-state index < -0.39 is 12.5 Å². The van der Waals surface area contributed by atoms with Gasteiger partial charge in [-0.3, -0.25) is 10.6 Å². The summed E-state index contributed by atoms with van der Waals surface area (Å²) in [6, 6.07) is 0. The molecule has 0 aromatic heterocycles. The second-order valence-corrected chi connectivity index (χ2v) is 1.75. The molecule has 0 aliphatic carbocycles. The van der Waals surface area contributed by atoms with Gasteiger partial charge in [0.1, 0.15) is 6.23 Å². The van der Waals surface area contributed by atoms with Crippen molar-refractivity contribution in [1.29, 1.82) is 0 Å². The largest absolute Gasteiger partial charge is 0.374 e. The van der Waals surface area contributed by atoms with Gasteiger partial charge in [0.05, 0.1) is 0 Å². The zero-order valence-corrected chi connectivity index (χ0v) is 4.39. The summed E-state index contributed by atoms with van der Waals surface area (Å²) in [4.78, 5) is 0. The van der Waals surface area contributed by atoms with Crippen LogP contribution in [0.5, 0.6) is 0 Å². The van der Waals surface area contributed by atoms with Crippen LogP contribution in [0.15, 0.2) is 0 Å². The van der Waals surface area contributed by atoms with Crippen molar-refractivity contribution in [3.8, 4) is 0 Å². The molecule has 4 heteroatoms. The molecular formula is C4H9FN2O. The highest BCUT2D eigenvalue weighted by Crippen LogP contribution is 1.93. The zero-order valence-electron chi connectivity index (χ0n) is 4.39. The molecule has 1 aliphatic rings. The van der Waals surface area contributed by atoms with Crippen LogP contribution in [-0.2, 0) is 0 Å². The summed E-state index contributed by atoms with van der Waals surface area (Å²) in [7, 11) is 0. The summed E-state index contributed by atoms with van der Waals surface area (Å²) in [5.41, 5.74) is 0. The van der Waals surface area contributed by atoms with Crippen LogP contribution in [0.25, 0.3) is 0 Å². The topological polar surface area (TPSA) is 44.3 Å².